The normalized spacial score (nSPS) is 18.4. The number of benzene rings is 1. The number of carbonyl (C=O) groups is 2. The van der Waals surface area contributed by atoms with Crippen molar-refractivity contribution in [2.24, 2.45) is 0 Å². The Morgan fingerprint density at radius 1 is 1.10 bits per heavy atom. The monoisotopic (exact) mass is 489 g/mol. The molecule has 0 saturated carbocycles. The van der Waals surface area contributed by atoms with E-state index in [1.165, 1.54) is 0 Å². The van der Waals surface area contributed by atoms with Crippen LogP contribution >= 0.6 is 15.9 Å². The number of urea groups is 1. The Kier molecular flexibility index (Phi) is 8.25. The van der Waals surface area contributed by atoms with Gasteiger partial charge in [0, 0.05) is 49.0 Å². The molecule has 1 aliphatic rings. The molecule has 2 atom stereocenters. The Morgan fingerprint density at radius 2 is 1.81 bits per heavy atom. The molecule has 3 rings (SSSR count). The van der Waals surface area contributed by atoms with Gasteiger partial charge in [-0.25, -0.2) is 9.78 Å². The lowest BCUT2D eigenvalue weighted by atomic mass is 10.2. The molecule has 0 radical (unpaired) electrons. The van der Waals surface area contributed by atoms with Gasteiger partial charge >= 0.3 is 6.03 Å². The number of anilines is 2. The van der Waals surface area contributed by atoms with Gasteiger partial charge in [0.2, 0.25) is 5.91 Å². The maximum absolute atomic E-state index is 12.0. The summed E-state index contributed by atoms with van der Waals surface area (Å²) >= 11 is 3.34. The Bertz CT molecular complexity index is 866. The number of halogens is 1. The van der Waals surface area contributed by atoms with Crippen molar-refractivity contribution in [1.82, 2.24) is 15.6 Å². The summed E-state index contributed by atoms with van der Waals surface area (Å²) in [6.07, 6.45) is 2.33. The molecule has 2 aromatic rings. The lowest BCUT2D eigenvalue weighted by molar-refractivity contribution is -0.121. The second-order valence-corrected chi connectivity index (χ2v) is 8.52. The van der Waals surface area contributed by atoms with E-state index >= 15 is 0 Å². The third-order valence-corrected chi connectivity index (χ3v) is 5.31. The fourth-order valence-electron chi connectivity index (χ4n) is 3.36. The van der Waals surface area contributed by atoms with E-state index in [4.69, 9.17) is 4.74 Å². The van der Waals surface area contributed by atoms with Gasteiger partial charge in [0.15, 0.2) is 0 Å². The van der Waals surface area contributed by atoms with Gasteiger partial charge in [-0.15, -0.1) is 0 Å². The van der Waals surface area contributed by atoms with Crippen LogP contribution in [0, 0.1) is 0 Å². The van der Waals surface area contributed by atoms with Gasteiger partial charge in [-0.3, -0.25) is 4.79 Å². The molecule has 3 amide bonds. The topological polar surface area (TPSA) is 95.6 Å². The average Bonchev–Trinajstić information content (AvgIpc) is 2.73. The number of ether oxygens (including phenoxy) is 1. The fraction of sp³-hybridized carbons (Fsp3) is 0.409. The van der Waals surface area contributed by atoms with Gasteiger partial charge in [-0.05, 0) is 49.7 Å². The van der Waals surface area contributed by atoms with Crippen molar-refractivity contribution in [2.45, 2.75) is 39.0 Å². The van der Waals surface area contributed by atoms with Gasteiger partial charge in [0.25, 0.3) is 0 Å². The van der Waals surface area contributed by atoms with E-state index in [0.717, 1.165) is 28.9 Å². The first-order chi connectivity index (χ1) is 14.9. The van der Waals surface area contributed by atoms with Crippen molar-refractivity contribution in [3.05, 3.63) is 52.6 Å². The second-order valence-electron chi connectivity index (χ2n) is 7.60. The van der Waals surface area contributed by atoms with Crippen LogP contribution < -0.4 is 20.9 Å². The number of hydrogen-bond acceptors (Lipinski definition) is 5. The van der Waals surface area contributed by atoms with Crippen LogP contribution in [0.25, 0.3) is 0 Å². The zero-order valence-electron chi connectivity index (χ0n) is 17.7. The second kappa shape index (κ2) is 11.1. The largest absolute Gasteiger partial charge is 0.372 e. The van der Waals surface area contributed by atoms with Crippen LogP contribution in [0.1, 0.15) is 25.8 Å². The number of pyridine rings is 1. The van der Waals surface area contributed by atoms with Crippen molar-refractivity contribution >= 4 is 39.4 Å². The van der Waals surface area contributed by atoms with Crippen LogP contribution in [0.15, 0.2) is 47.1 Å². The highest BCUT2D eigenvalue weighted by Crippen LogP contribution is 2.18. The minimum atomic E-state index is -0.346. The first-order valence-electron chi connectivity index (χ1n) is 10.3. The summed E-state index contributed by atoms with van der Waals surface area (Å²) in [5, 5.41) is 8.24. The molecule has 1 aromatic heterocycles. The molecule has 31 heavy (non-hydrogen) atoms. The Morgan fingerprint density at radius 3 is 2.45 bits per heavy atom. The summed E-state index contributed by atoms with van der Waals surface area (Å²) in [6, 6.07) is 10.9. The number of morpholine rings is 1. The minimum absolute atomic E-state index is 0.135. The smallest absolute Gasteiger partial charge is 0.319 e. The summed E-state index contributed by atoms with van der Waals surface area (Å²) in [4.78, 5) is 30.7. The van der Waals surface area contributed by atoms with Crippen molar-refractivity contribution in [2.75, 3.05) is 29.9 Å². The number of rotatable bonds is 7. The Hall–Kier alpha value is -2.65. The van der Waals surface area contributed by atoms with E-state index in [2.05, 4.69) is 55.6 Å². The highest BCUT2D eigenvalue weighted by Gasteiger charge is 2.22. The van der Waals surface area contributed by atoms with Crippen LogP contribution in [-0.4, -0.2) is 48.8 Å². The quantitative estimate of drug-likeness (QED) is 0.554. The van der Waals surface area contributed by atoms with Gasteiger partial charge in [-0.2, -0.15) is 0 Å². The van der Waals surface area contributed by atoms with E-state index in [9.17, 15) is 9.59 Å². The van der Waals surface area contributed by atoms with Crippen LogP contribution in [0.3, 0.4) is 0 Å². The summed E-state index contributed by atoms with van der Waals surface area (Å²) < 4.78 is 6.69. The van der Waals surface area contributed by atoms with Gasteiger partial charge < -0.3 is 25.6 Å². The predicted molar refractivity (Wildman–Crippen MR) is 124 cm³/mol. The standard InChI is InChI=1S/C22H28BrN5O3/c1-15-13-28(14-16(2)31-15)20-8-3-17(11-25-20)12-26-21(29)9-10-24-22(30)27-19-6-4-18(23)5-7-19/h3-8,11,15-16H,9-10,12-14H2,1-2H3,(H,26,29)(H2,24,27,30). The highest BCUT2D eigenvalue weighted by atomic mass is 79.9. The maximum Gasteiger partial charge on any atom is 0.319 e. The van der Waals surface area contributed by atoms with Crippen LogP contribution in [0.5, 0.6) is 0 Å². The molecule has 0 bridgehead atoms. The molecular formula is C22H28BrN5O3. The van der Waals surface area contributed by atoms with E-state index in [0.29, 0.717) is 12.2 Å². The molecule has 2 unspecified atom stereocenters. The zero-order valence-corrected chi connectivity index (χ0v) is 19.3. The third-order valence-electron chi connectivity index (χ3n) is 4.78. The number of hydrogen-bond donors (Lipinski definition) is 3. The van der Waals surface area contributed by atoms with E-state index in [-0.39, 0.29) is 37.1 Å². The highest BCUT2D eigenvalue weighted by molar-refractivity contribution is 9.10. The summed E-state index contributed by atoms with van der Waals surface area (Å²) in [6.45, 7) is 6.40. The van der Waals surface area contributed by atoms with Crippen molar-refractivity contribution < 1.29 is 14.3 Å². The van der Waals surface area contributed by atoms with E-state index < -0.39 is 0 Å². The van der Waals surface area contributed by atoms with Crippen molar-refractivity contribution in [3.63, 3.8) is 0 Å². The molecule has 0 spiro atoms. The lowest BCUT2D eigenvalue weighted by Gasteiger charge is -2.36. The minimum Gasteiger partial charge on any atom is -0.372 e. The third kappa shape index (κ3) is 7.52. The van der Waals surface area contributed by atoms with E-state index in [1.807, 2.05) is 24.3 Å². The number of nitrogens with one attached hydrogen (secondary N) is 3. The molecule has 166 valence electrons. The van der Waals surface area contributed by atoms with Gasteiger partial charge in [0.1, 0.15) is 5.82 Å². The SMILES string of the molecule is CC1CN(c2ccc(CNC(=O)CCNC(=O)Nc3ccc(Br)cc3)cn2)CC(C)O1. The summed E-state index contributed by atoms with van der Waals surface area (Å²) in [5.41, 5.74) is 1.61. The molecule has 1 fully saturated rings. The van der Waals surface area contributed by atoms with Crippen molar-refractivity contribution in [3.8, 4) is 0 Å². The Balaban J connectivity index is 1.35. The fourth-order valence-corrected chi connectivity index (χ4v) is 3.62. The molecule has 8 nitrogen and oxygen atoms in total. The molecule has 9 heteroatoms. The number of nitrogens with zero attached hydrogens (tertiary/aromatic N) is 2. The van der Waals surface area contributed by atoms with Crippen LogP contribution in [0.2, 0.25) is 0 Å². The number of amides is 3. The van der Waals surface area contributed by atoms with E-state index in [1.54, 1.807) is 18.3 Å². The molecule has 3 N–H and O–H groups in total. The number of aromatic nitrogens is 1. The predicted octanol–water partition coefficient (Wildman–Crippen LogP) is 3.29. The summed E-state index contributed by atoms with van der Waals surface area (Å²) in [5.74, 6) is 0.780. The van der Waals surface area contributed by atoms with Crippen molar-refractivity contribution in [1.29, 1.82) is 0 Å². The zero-order chi connectivity index (χ0) is 22.2. The van der Waals surface area contributed by atoms with Gasteiger partial charge in [0.05, 0.1) is 12.2 Å². The molecule has 2 heterocycles. The van der Waals surface area contributed by atoms with Crippen LogP contribution in [-0.2, 0) is 16.1 Å². The van der Waals surface area contributed by atoms with Gasteiger partial charge in [-0.1, -0.05) is 22.0 Å². The molecule has 0 aliphatic carbocycles. The molecular weight excluding hydrogens is 462 g/mol. The average molecular weight is 490 g/mol. The summed E-state index contributed by atoms with van der Waals surface area (Å²) in [7, 11) is 0. The molecule has 1 aliphatic heterocycles. The Labute approximate surface area is 190 Å². The maximum atomic E-state index is 12.0. The first kappa shape index (κ1) is 23.0. The number of carbonyl (C=O) groups excluding carboxylic acids is 2. The van der Waals surface area contributed by atoms with Crippen LogP contribution in [0.4, 0.5) is 16.3 Å². The molecule has 1 aromatic carbocycles. The molecule has 1 saturated heterocycles. The lowest BCUT2D eigenvalue weighted by Crippen LogP contribution is -2.45. The first-order valence-corrected chi connectivity index (χ1v) is 11.1.